The number of primary amides is 1. The molecule has 4 aliphatic heterocycles. The van der Waals surface area contributed by atoms with Gasteiger partial charge in [0.2, 0.25) is 0 Å². The number of hydrogen-bond acceptors (Lipinski definition) is 14. The molecule has 0 spiro atoms. The Hall–Kier alpha value is -1.26. The number of hydrogen-bond donors (Lipinski definition) is 4. The molecule has 0 bridgehead atoms. The van der Waals surface area contributed by atoms with Crippen molar-refractivity contribution in [3.05, 3.63) is 25.6 Å². The minimum Gasteiger partial charge on any atom is -0.724 e. The van der Waals surface area contributed by atoms with Crippen LogP contribution in [0.15, 0.2) is 0 Å². The molecule has 4 aliphatic rings. The molecule has 0 radical (unpaired) electrons. The molecule has 19 nitrogen and oxygen atoms in total. The van der Waals surface area contributed by atoms with Gasteiger partial charge in [0, 0.05) is 0 Å². The van der Waals surface area contributed by atoms with E-state index in [4.69, 9.17) is 40.6 Å². The zero-order valence-corrected chi connectivity index (χ0v) is 22.2. The summed E-state index contributed by atoms with van der Waals surface area (Å²) in [6.45, 7) is 0.806. The van der Waals surface area contributed by atoms with E-state index in [1.54, 1.807) is 0 Å². The second-order valence-electron chi connectivity index (χ2n) is 6.80. The summed E-state index contributed by atoms with van der Waals surface area (Å²) in [5.41, 5.74) is 10.6. The van der Waals surface area contributed by atoms with E-state index < -0.39 is 40.6 Å². The molecule has 4 saturated heterocycles. The summed E-state index contributed by atoms with van der Waals surface area (Å²) >= 11 is 4.14. The fourth-order valence-corrected chi connectivity index (χ4v) is 3.67. The average Bonchev–Trinajstić information content (AvgIpc) is 3.51. The molecule has 0 aromatic carbocycles. The molecule has 8 atom stereocenters. The Morgan fingerprint density at radius 3 is 1.80 bits per heavy atom. The number of fused-ring (bicyclic) bond motifs is 2. The van der Waals surface area contributed by atoms with Gasteiger partial charge >= 0.3 is 57.4 Å². The second kappa shape index (κ2) is 17.2. The van der Waals surface area contributed by atoms with Crippen LogP contribution >= 0.6 is 11.8 Å². The minimum atomic E-state index is -0.880. The predicted molar refractivity (Wildman–Crippen MR) is 106 cm³/mol. The summed E-state index contributed by atoms with van der Waals surface area (Å²) in [5.74, 6) is 0. The van der Waals surface area contributed by atoms with Gasteiger partial charge in [0.1, 0.15) is 24.4 Å². The standard InChI is InChI=1S/C7H11N3O6.C6H10N2O5.CNO.ClH2N.K/c8-7(11)9-3-1-14-6-4(16-10(12)13)2-15-5(3)6;7-3-1-11-6-4(13-8(9)10)2-12-5(3)6;2-1-3;1-2;/h3-6H,1-2H2,(H3,8,9,11);3-6H,1-2,7H2;;2H2;/q;;-1;;+1/t2*3-,4+,5-,6-;;;/m11.../s1. The normalized spacial score (nSPS) is 33.2. The van der Waals surface area contributed by atoms with Gasteiger partial charge in [-0.15, -0.1) is 20.2 Å². The quantitative estimate of drug-likeness (QED) is 0.0613. The summed E-state index contributed by atoms with van der Waals surface area (Å²) in [6.07, 6.45) is -2.52. The van der Waals surface area contributed by atoms with E-state index in [2.05, 4.69) is 32.0 Å². The molecule has 0 aromatic heterocycles. The summed E-state index contributed by atoms with van der Waals surface area (Å²) in [4.78, 5) is 47.9. The van der Waals surface area contributed by atoms with Gasteiger partial charge in [-0.2, -0.15) is 0 Å². The number of isocyanates is 1. The zero-order chi connectivity index (χ0) is 25.8. The van der Waals surface area contributed by atoms with Crippen molar-refractivity contribution in [3.63, 3.8) is 0 Å². The van der Waals surface area contributed by atoms with Crippen LogP contribution in [0.25, 0.3) is 5.41 Å². The first-order valence-electron chi connectivity index (χ1n) is 9.31. The van der Waals surface area contributed by atoms with Crippen molar-refractivity contribution in [2.75, 3.05) is 26.4 Å². The molecule has 4 rings (SSSR count). The Balaban J connectivity index is 0.000000552. The van der Waals surface area contributed by atoms with Gasteiger partial charge in [0.25, 0.3) is 10.2 Å². The van der Waals surface area contributed by atoms with Crippen LogP contribution in [0, 0.1) is 20.2 Å². The van der Waals surface area contributed by atoms with Crippen molar-refractivity contribution in [2.45, 2.75) is 48.7 Å². The number of nitrogens with zero attached hydrogens (tertiary/aromatic N) is 3. The second-order valence-corrected chi connectivity index (χ2v) is 6.80. The maximum atomic E-state index is 10.7. The average molecular weight is 556 g/mol. The maximum Gasteiger partial charge on any atom is 1.00 e. The fourth-order valence-electron chi connectivity index (χ4n) is 3.67. The Kier molecular flexibility index (Phi) is 16.6. The van der Waals surface area contributed by atoms with Crippen LogP contribution in [0.4, 0.5) is 4.79 Å². The number of carbonyl (C=O) groups is 1. The summed E-state index contributed by atoms with van der Waals surface area (Å²) in [6, 6.07) is -1.27. The van der Waals surface area contributed by atoms with E-state index in [1.165, 1.54) is 0 Å². The number of carbonyl (C=O) groups excluding carboxylic acids is 2. The topological polar surface area (TPSA) is 288 Å². The fraction of sp³-hybridized carbons (Fsp3) is 0.857. The van der Waals surface area contributed by atoms with Crippen molar-refractivity contribution < 1.29 is 99.8 Å². The Labute approximate surface area is 244 Å². The summed E-state index contributed by atoms with van der Waals surface area (Å²) in [7, 11) is 0. The molecule has 0 aromatic rings. The van der Waals surface area contributed by atoms with Gasteiger partial charge < -0.3 is 50.8 Å². The number of urea groups is 1. The van der Waals surface area contributed by atoms with Crippen LogP contribution in [0.3, 0.4) is 0 Å². The largest absolute Gasteiger partial charge is 1.00 e. The van der Waals surface area contributed by atoms with Gasteiger partial charge in [-0.1, -0.05) is 0 Å². The number of ether oxygens (including phenoxy) is 4. The van der Waals surface area contributed by atoms with Gasteiger partial charge in [0.15, 0.2) is 12.2 Å². The molecule has 35 heavy (non-hydrogen) atoms. The summed E-state index contributed by atoms with van der Waals surface area (Å²) in [5, 5.41) is 31.7. The predicted octanol–water partition coefficient (Wildman–Crippen LogP) is -5.92. The van der Waals surface area contributed by atoms with E-state index in [1.807, 2.05) is 0 Å². The smallest absolute Gasteiger partial charge is 0.724 e. The van der Waals surface area contributed by atoms with Crippen molar-refractivity contribution in [1.82, 2.24) is 5.32 Å². The van der Waals surface area contributed by atoms with Crippen molar-refractivity contribution in [2.24, 2.45) is 16.7 Å². The molecule has 4 heterocycles. The van der Waals surface area contributed by atoms with E-state index in [9.17, 15) is 25.0 Å². The number of nitrogens with two attached hydrogens (primary N) is 3. The molecule has 7 N–H and O–H groups in total. The van der Waals surface area contributed by atoms with Crippen LogP contribution in [0.1, 0.15) is 0 Å². The third kappa shape index (κ3) is 10.3. The molecule has 4 fully saturated rings. The zero-order valence-electron chi connectivity index (χ0n) is 18.3. The van der Waals surface area contributed by atoms with Gasteiger partial charge in [0.05, 0.1) is 38.5 Å². The van der Waals surface area contributed by atoms with E-state index >= 15 is 0 Å². The number of rotatable bonds is 5. The van der Waals surface area contributed by atoms with Crippen LogP contribution < -0.4 is 73.4 Å². The molecule has 2 amide bonds. The van der Waals surface area contributed by atoms with Crippen LogP contribution in [-0.2, 0) is 33.4 Å². The number of nitrogens with one attached hydrogen (secondary N) is 1. The van der Waals surface area contributed by atoms with Crippen LogP contribution in [-0.4, -0.2) is 97.4 Å². The minimum absolute atomic E-state index is 0. The molecule has 194 valence electrons. The van der Waals surface area contributed by atoms with Gasteiger partial charge in [-0.05, 0) is 17.9 Å². The molecular formula is C14H23ClKN7O12. The Morgan fingerprint density at radius 2 is 1.34 bits per heavy atom. The van der Waals surface area contributed by atoms with Crippen molar-refractivity contribution >= 4 is 23.9 Å². The SMILES string of the molecule is NC(=O)N[C@@H]1CO[C@H]2[C@@H]1OC[C@@H]2O[N+](=O)[O-].NCl.N[C@@H]1CO[C@H]2[C@@H]1OC[C@@H]2O[N+](=O)[O-].[K+].[N-]=C=O. The maximum absolute atomic E-state index is 10.7. The van der Waals surface area contributed by atoms with Crippen molar-refractivity contribution in [3.8, 4) is 0 Å². The summed E-state index contributed by atoms with van der Waals surface area (Å²) < 4.78 is 21.0. The third-order valence-electron chi connectivity index (χ3n) is 4.82. The van der Waals surface area contributed by atoms with E-state index in [0.717, 1.165) is 0 Å². The Morgan fingerprint density at radius 1 is 0.943 bits per heavy atom. The molecular weight excluding hydrogens is 533 g/mol. The molecule has 21 heteroatoms. The van der Waals surface area contributed by atoms with Crippen molar-refractivity contribution in [1.29, 1.82) is 0 Å². The number of halogens is 1. The Bertz CT molecular complexity index is 706. The van der Waals surface area contributed by atoms with E-state index in [-0.39, 0.29) is 95.5 Å². The van der Waals surface area contributed by atoms with Crippen LogP contribution in [0.5, 0.6) is 0 Å². The third-order valence-corrected chi connectivity index (χ3v) is 4.82. The monoisotopic (exact) mass is 555 g/mol. The molecule has 0 unspecified atom stereocenters. The molecule has 0 saturated carbocycles. The van der Waals surface area contributed by atoms with E-state index in [0.29, 0.717) is 12.7 Å². The number of amides is 2. The van der Waals surface area contributed by atoms with Gasteiger partial charge in [-0.3, -0.25) is 4.79 Å². The molecule has 0 aliphatic carbocycles. The first kappa shape index (κ1) is 33.7. The van der Waals surface area contributed by atoms with Gasteiger partial charge in [-0.25, -0.2) is 10.0 Å². The first-order valence-corrected chi connectivity index (χ1v) is 9.74. The first-order chi connectivity index (χ1) is 16.2. The van der Waals surface area contributed by atoms with Crippen LogP contribution in [0.2, 0.25) is 0 Å².